The second-order valence-corrected chi connectivity index (χ2v) is 7.58. The maximum atomic E-state index is 12.3. The van der Waals surface area contributed by atoms with Gasteiger partial charge in [-0.15, -0.1) is 11.8 Å². The largest absolute Gasteiger partial charge is 0.493 e. The van der Waals surface area contributed by atoms with Crippen LogP contribution in [0.15, 0.2) is 88.2 Å². The molecule has 3 nitrogen and oxygen atoms in total. The van der Waals surface area contributed by atoms with Crippen LogP contribution in [-0.4, -0.2) is 18.3 Å². The molecule has 0 bridgehead atoms. The van der Waals surface area contributed by atoms with E-state index in [1.165, 1.54) is 4.90 Å². The maximum absolute atomic E-state index is 12.3. The number of nitrogens with one attached hydrogen (secondary N) is 1. The van der Waals surface area contributed by atoms with Crippen LogP contribution in [0.25, 0.3) is 0 Å². The highest BCUT2D eigenvalue weighted by atomic mass is 79.9. The zero-order valence-electron chi connectivity index (χ0n) is 14.0. The van der Waals surface area contributed by atoms with Gasteiger partial charge >= 0.3 is 0 Å². The fraction of sp³-hybridized carbons (Fsp3) is 0.0952. The van der Waals surface area contributed by atoms with Crippen LogP contribution in [0, 0.1) is 0 Å². The van der Waals surface area contributed by atoms with Gasteiger partial charge in [-0.3, -0.25) is 4.79 Å². The highest BCUT2D eigenvalue weighted by Crippen LogP contribution is 2.19. The summed E-state index contributed by atoms with van der Waals surface area (Å²) in [5.41, 5.74) is 1.35. The summed E-state index contributed by atoms with van der Waals surface area (Å²) in [7, 11) is 0. The Morgan fingerprint density at radius 3 is 2.46 bits per heavy atom. The van der Waals surface area contributed by atoms with Gasteiger partial charge in [-0.25, -0.2) is 0 Å². The van der Waals surface area contributed by atoms with Gasteiger partial charge in [0.15, 0.2) is 0 Å². The standard InChI is InChI=1S/C21H18BrNO2S/c22-17-5-4-6-18(15-17)23-21(24)16-9-11-19(12-10-16)25-13-14-26-20-7-2-1-3-8-20/h1-12,15H,13-14H2,(H,23,24). The normalized spacial score (nSPS) is 10.3. The van der Waals surface area contributed by atoms with Crippen LogP contribution in [0.3, 0.4) is 0 Å². The number of carbonyl (C=O) groups excluding carboxylic acids is 1. The van der Waals surface area contributed by atoms with Gasteiger partial charge in [-0.05, 0) is 54.6 Å². The van der Waals surface area contributed by atoms with Gasteiger partial charge in [0.1, 0.15) is 5.75 Å². The number of benzene rings is 3. The van der Waals surface area contributed by atoms with E-state index in [1.807, 2.05) is 54.6 Å². The van der Waals surface area contributed by atoms with E-state index in [0.717, 1.165) is 21.7 Å². The molecule has 0 saturated carbocycles. The summed E-state index contributed by atoms with van der Waals surface area (Å²) in [6.07, 6.45) is 0. The van der Waals surface area contributed by atoms with Crippen molar-refractivity contribution in [1.29, 1.82) is 0 Å². The molecule has 0 aliphatic carbocycles. The summed E-state index contributed by atoms with van der Waals surface area (Å²) in [4.78, 5) is 13.5. The van der Waals surface area contributed by atoms with E-state index in [-0.39, 0.29) is 5.91 Å². The Labute approximate surface area is 165 Å². The van der Waals surface area contributed by atoms with E-state index >= 15 is 0 Å². The van der Waals surface area contributed by atoms with Crippen molar-refractivity contribution in [2.45, 2.75) is 4.90 Å². The average Bonchev–Trinajstić information content (AvgIpc) is 2.66. The topological polar surface area (TPSA) is 38.3 Å². The van der Waals surface area contributed by atoms with Crippen LogP contribution in [-0.2, 0) is 0 Å². The Hall–Kier alpha value is -2.24. The lowest BCUT2D eigenvalue weighted by atomic mass is 10.2. The van der Waals surface area contributed by atoms with Crippen molar-refractivity contribution >= 4 is 39.3 Å². The molecule has 132 valence electrons. The van der Waals surface area contributed by atoms with Gasteiger partial charge in [0.2, 0.25) is 0 Å². The summed E-state index contributed by atoms with van der Waals surface area (Å²) in [6.45, 7) is 0.614. The molecule has 0 fully saturated rings. The van der Waals surface area contributed by atoms with Gasteiger partial charge < -0.3 is 10.1 Å². The van der Waals surface area contributed by atoms with E-state index in [0.29, 0.717) is 12.2 Å². The highest BCUT2D eigenvalue weighted by molar-refractivity contribution is 9.10. The van der Waals surface area contributed by atoms with Crippen molar-refractivity contribution in [2.24, 2.45) is 0 Å². The summed E-state index contributed by atoms with van der Waals surface area (Å²) in [5, 5.41) is 2.88. The predicted molar refractivity (Wildman–Crippen MR) is 111 cm³/mol. The Morgan fingerprint density at radius 1 is 0.962 bits per heavy atom. The zero-order chi connectivity index (χ0) is 18.2. The molecule has 0 atom stereocenters. The quantitative estimate of drug-likeness (QED) is 0.378. The number of amides is 1. The van der Waals surface area contributed by atoms with Crippen LogP contribution in [0.1, 0.15) is 10.4 Å². The average molecular weight is 428 g/mol. The van der Waals surface area contributed by atoms with Crippen molar-refractivity contribution < 1.29 is 9.53 Å². The molecule has 3 aromatic carbocycles. The predicted octanol–water partition coefficient (Wildman–Crippen LogP) is 5.87. The molecule has 3 rings (SSSR count). The number of thioether (sulfide) groups is 1. The number of carbonyl (C=O) groups is 1. The molecule has 0 saturated heterocycles. The lowest BCUT2D eigenvalue weighted by molar-refractivity contribution is 0.102. The highest BCUT2D eigenvalue weighted by Gasteiger charge is 2.06. The summed E-state index contributed by atoms with van der Waals surface area (Å²) in [5.74, 6) is 1.49. The smallest absolute Gasteiger partial charge is 0.255 e. The third-order valence-corrected chi connectivity index (χ3v) is 5.03. The number of hydrogen-bond donors (Lipinski definition) is 1. The van der Waals surface area contributed by atoms with Crippen molar-refractivity contribution in [2.75, 3.05) is 17.7 Å². The number of hydrogen-bond acceptors (Lipinski definition) is 3. The minimum Gasteiger partial charge on any atom is -0.493 e. The molecular formula is C21H18BrNO2S. The molecule has 5 heteroatoms. The third-order valence-electron chi connectivity index (χ3n) is 3.56. The van der Waals surface area contributed by atoms with Crippen LogP contribution in [0.5, 0.6) is 5.75 Å². The second-order valence-electron chi connectivity index (χ2n) is 5.50. The summed E-state index contributed by atoms with van der Waals surface area (Å²) >= 11 is 5.15. The Kier molecular flexibility index (Phi) is 6.75. The van der Waals surface area contributed by atoms with Gasteiger partial charge in [-0.2, -0.15) is 0 Å². The lowest BCUT2D eigenvalue weighted by Gasteiger charge is -2.08. The van der Waals surface area contributed by atoms with E-state index in [1.54, 1.807) is 23.9 Å². The van der Waals surface area contributed by atoms with Crippen molar-refractivity contribution in [3.05, 3.63) is 88.9 Å². The zero-order valence-corrected chi connectivity index (χ0v) is 16.4. The van der Waals surface area contributed by atoms with Gasteiger partial charge in [0.05, 0.1) is 6.61 Å². The van der Waals surface area contributed by atoms with Crippen molar-refractivity contribution in [1.82, 2.24) is 0 Å². The van der Waals surface area contributed by atoms with Gasteiger partial charge in [0.25, 0.3) is 5.91 Å². The Balaban J connectivity index is 1.47. The number of halogens is 1. The lowest BCUT2D eigenvalue weighted by Crippen LogP contribution is -2.11. The number of rotatable bonds is 7. The molecule has 1 amide bonds. The first kappa shape index (κ1) is 18.5. The molecular weight excluding hydrogens is 410 g/mol. The fourth-order valence-electron chi connectivity index (χ4n) is 2.31. The first-order valence-corrected chi connectivity index (χ1v) is 9.96. The molecule has 0 aliphatic rings. The molecule has 0 unspecified atom stereocenters. The molecule has 0 aromatic heterocycles. The third kappa shape index (κ3) is 5.64. The van der Waals surface area contributed by atoms with Gasteiger partial charge in [-0.1, -0.05) is 40.2 Å². The summed E-state index contributed by atoms with van der Waals surface area (Å²) < 4.78 is 6.66. The SMILES string of the molecule is O=C(Nc1cccc(Br)c1)c1ccc(OCCSc2ccccc2)cc1. The van der Waals surface area contributed by atoms with Crippen molar-refractivity contribution in [3.8, 4) is 5.75 Å². The van der Waals surface area contributed by atoms with Crippen molar-refractivity contribution in [3.63, 3.8) is 0 Å². The fourth-order valence-corrected chi connectivity index (χ4v) is 3.46. The minimum atomic E-state index is -0.144. The van der Waals surface area contributed by atoms with Crippen LogP contribution >= 0.6 is 27.7 Å². The molecule has 1 N–H and O–H groups in total. The molecule has 0 radical (unpaired) electrons. The molecule has 0 heterocycles. The monoisotopic (exact) mass is 427 g/mol. The van der Waals surface area contributed by atoms with E-state index in [2.05, 4.69) is 33.4 Å². The maximum Gasteiger partial charge on any atom is 0.255 e. The van der Waals surface area contributed by atoms with Crippen LogP contribution < -0.4 is 10.1 Å². The van der Waals surface area contributed by atoms with Crippen LogP contribution in [0.4, 0.5) is 5.69 Å². The molecule has 0 spiro atoms. The van der Waals surface area contributed by atoms with Crippen LogP contribution in [0.2, 0.25) is 0 Å². The van der Waals surface area contributed by atoms with Gasteiger partial charge in [0, 0.05) is 26.4 Å². The first-order valence-electron chi connectivity index (χ1n) is 8.18. The summed E-state index contributed by atoms with van der Waals surface area (Å²) in [6, 6.07) is 24.9. The van der Waals surface area contributed by atoms with E-state index in [9.17, 15) is 4.79 Å². The molecule has 0 aliphatic heterocycles. The number of anilines is 1. The Bertz CT molecular complexity index is 853. The van der Waals surface area contributed by atoms with E-state index < -0.39 is 0 Å². The minimum absolute atomic E-state index is 0.144. The molecule has 3 aromatic rings. The Morgan fingerprint density at radius 2 is 1.73 bits per heavy atom. The molecule has 26 heavy (non-hydrogen) atoms. The second kappa shape index (κ2) is 9.46. The first-order chi connectivity index (χ1) is 12.7. The number of ether oxygens (including phenoxy) is 1. The van der Waals surface area contributed by atoms with E-state index in [4.69, 9.17) is 4.74 Å².